The second-order valence-electron chi connectivity index (χ2n) is 10.7. The van der Waals surface area contributed by atoms with Crippen LogP contribution in [-0.2, 0) is 14.3 Å². The first-order valence-electron chi connectivity index (χ1n) is 15.8. The van der Waals surface area contributed by atoms with Gasteiger partial charge in [-0.3, -0.25) is 14.5 Å². The van der Waals surface area contributed by atoms with Crippen LogP contribution < -0.4 is 19.1 Å². The van der Waals surface area contributed by atoms with E-state index in [2.05, 4.69) is 18.8 Å². The molecule has 10 nitrogen and oxygen atoms in total. The van der Waals surface area contributed by atoms with Gasteiger partial charge in [0, 0.05) is 5.56 Å². The van der Waals surface area contributed by atoms with E-state index in [9.17, 15) is 19.5 Å². The van der Waals surface area contributed by atoms with Crippen molar-refractivity contribution < 1.29 is 38.4 Å². The number of aliphatic hydroxyl groups excluding tert-OH is 1. The number of benzene rings is 2. The van der Waals surface area contributed by atoms with Gasteiger partial charge in [-0.2, -0.15) is 0 Å². The second kappa shape index (κ2) is 16.3. The number of aromatic nitrogens is 1. The van der Waals surface area contributed by atoms with Crippen LogP contribution in [0.15, 0.2) is 48.0 Å². The van der Waals surface area contributed by atoms with Crippen LogP contribution in [0.3, 0.4) is 0 Å². The number of anilines is 1. The first-order valence-corrected chi connectivity index (χ1v) is 16.6. The molecule has 1 N–H and O–H groups in total. The van der Waals surface area contributed by atoms with Gasteiger partial charge < -0.3 is 24.1 Å². The molecule has 1 fully saturated rings. The van der Waals surface area contributed by atoms with Gasteiger partial charge in [0.25, 0.3) is 5.78 Å². The van der Waals surface area contributed by atoms with Gasteiger partial charge >= 0.3 is 11.9 Å². The normalized spacial score (nSPS) is 15.7. The molecule has 1 aliphatic rings. The van der Waals surface area contributed by atoms with Crippen molar-refractivity contribution in [3.63, 3.8) is 0 Å². The van der Waals surface area contributed by atoms with Crippen molar-refractivity contribution in [3.05, 3.63) is 69.7 Å². The van der Waals surface area contributed by atoms with Crippen LogP contribution in [0.2, 0.25) is 0 Å². The van der Waals surface area contributed by atoms with Crippen LogP contribution in [0.1, 0.15) is 92.3 Å². The van der Waals surface area contributed by atoms with Crippen molar-refractivity contribution in [2.24, 2.45) is 0 Å². The van der Waals surface area contributed by atoms with E-state index < -0.39 is 23.7 Å². The highest BCUT2D eigenvalue weighted by molar-refractivity contribution is 7.17. The molecule has 4 rings (SSSR count). The minimum Gasteiger partial charge on any atom is -0.507 e. The molecule has 246 valence electrons. The average Bonchev–Trinajstić information content (AvgIpc) is 3.56. The molecule has 0 radical (unpaired) electrons. The van der Waals surface area contributed by atoms with Gasteiger partial charge in [0.15, 0.2) is 16.6 Å². The summed E-state index contributed by atoms with van der Waals surface area (Å²) < 4.78 is 22.9. The number of rotatable bonds is 16. The van der Waals surface area contributed by atoms with Crippen molar-refractivity contribution in [1.82, 2.24) is 4.98 Å². The molecular formula is C35H42N2O8S. The SMILES string of the molecule is CCCCCOc1ccc(C2C(=C(O)c3ccc(OCCCC)cc3)C(=O)C(=O)N2c2nc(C)c(C(=O)OCC)s2)cc1OCC. The van der Waals surface area contributed by atoms with Gasteiger partial charge in [-0.05, 0) is 75.6 Å². The minimum atomic E-state index is -1.07. The number of ether oxygens (including phenoxy) is 4. The van der Waals surface area contributed by atoms with Crippen LogP contribution in [0.4, 0.5) is 5.13 Å². The van der Waals surface area contributed by atoms with Crippen LogP contribution in [0.5, 0.6) is 17.2 Å². The van der Waals surface area contributed by atoms with E-state index in [-0.39, 0.29) is 27.9 Å². The molecule has 1 unspecified atom stereocenters. The second-order valence-corrected chi connectivity index (χ2v) is 11.7. The Balaban J connectivity index is 1.83. The molecule has 0 bridgehead atoms. The van der Waals surface area contributed by atoms with Crippen molar-refractivity contribution >= 4 is 39.9 Å². The summed E-state index contributed by atoms with van der Waals surface area (Å²) in [5, 5.41) is 11.7. The van der Waals surface area contributed by atoms with Gasteiger partial charge in [0.1, 0.15) is 16.4 Å². The zero-order chi connectivity index (χ0) is 33.2. The van der Waals surface area contributed by atoms with Crippen LogP contribution in [-0.4, -0.2) is 54.2 Å². The Labute approximate surface area is 274 Å². The van der Waals surface area contributed by atoms with Crippen molar-refractivity contribution in [3.8, 4) is 17.2 Å². The standard InChI is InChI=1S/C35H42N2O8S/c1-6-10-12-20-45-26-18-15-24(21-27(26)42-8-3)29-28(30(38)23-13-16-25(17-14-23)44-19-11-7-2)31(39)33(40)37(29)35-36-22(5)32(46-35)34(41)43-9-4/h13-18,21,29,38H,6-12,19-20H2,1-5H3. The summed E-state index contributed by atoms with van der Waals surface area (Å²) in [4.78, 5) is 46.0. The van der Waals surface area contributed by atoms with E-state index in [1.54, 1.807) is 56.3 Å². The third kappa shape index (κ3) is 7.70. The lowest BCUT2D eigenvalue weighted by molar-refractivity contribution is -0.132. The van der Waals surface area contributed by atoms with Gasteiger partial charge in [0.05, 0.1) is 43.7 Å². The van der Waals surface area contributed by atoms with Crippen molar-refractivity contribution in [1.29, 1.82) is 0 Å². The summed E-state index contributed by atoms with van der Waals surface area (Å²) in [5.74, 6) is -1.07. The average molecular weight is 651 g/mol. The molecule has 3 aromatic rings. The summed E-state index contributed by atoms with van der Waals surface area (Å²) >= 11 is 0.954. The van der Waals surface area contributed by atoms with Gasteiger partial charge in [-0.15, -0.1) is 0 Å². The number of aliphatic hydroxyl groups is 1. The third-order valence-corrected chi connectivity index (χ3v) is 8.52. The Bertz CT molecular complexity index is 1560. The Morgan fingerprint density at radius 1 is 0.891 bits per heavy atom. The summed E-state index contributed by atoms with van der Waals surface area (Å²) in [6.45, 7) is 11.0. The van der Waals surface area contributed by atoms with E-state index in [4.69, 9.17) is 18.9 Å². The number of carbonyl (C=O) groups excluding carboxylic acids is 3. The molecular weight excluding hydrogens is 608 g/mol. The largest absolute Gasteiger partial charge is 0.507 e. The quantitative estimate of drug-likeness (QED) is 0.0555. The molecule has 1 amide bonds. The Kier molecular flexibility index (Phi) is 12.2. The molecule has 2 heterocycles. The van der Waals surface area contributed by atoms with E-state index in [1.807, 2.05) is 6.92 Å². The molecule has 46 heavy (non-hydrogen) atoms. The summed E-state index contributed by atoms with van der Waals surface area (Å²) in [5.41, 5.74) is 1.09. The van der Waals surface area contributed by atoms with E-state index in [0.29, 0.717) is 53.9 Å². The number of aryl methyl sites for hydroxylation is 1. The molecule has 1 aliphatic heterocycles. The number of ketones is 1. The maximum absolute atomic E-state index is 13.7. The first-order chi connectivity index (χ1) is 22.2. The number of esters is 1. The zero-order valence-corrected chi connectivity index (χ0v) is 27.9. The van der Waals surface area contributed by atoms with Crippen LogP contribution in [0.25, 0.3) is 5.76 Å². The van der Waals surface area contributed by atoms with Crippen molar-refractivity contribution in [2.45, 2.75) is 72.8 Å². The monoisotopic (exact) mass is 650 g/mol. The van der Waals surface area contributed by atoms with E-state index in [1.165, 1.54) is 4.90 Å². The molecule has 0 aliphatic carbocycles. The third-order valence-electron chi connectivity index (χ3n) is 7.38. The lowest BCUT2D eigenvalue weighted by Gasteiger charge is -2.24. The fraction of sp³-hybridized carbons (Fsp3) is 0.429. The number of hydrogen-bond donors (Lipinski definition) is 1. The van der Waals surface area contributed by atoms with Gasteiger partial charge in [-0.1, -0.05) is 50.5 Å². The number of Topliss-reactive ketones (excluding diaryl/α,β-unsaturated/α-hetero) is 1. The minimum absolute atomic E-state index is 0.116. The fourth-order valence-corrected chi connectivity index (χ4v) is 6.02. The predicted octanol–water partition coefficient (Wildman–Crippen LogP) is 7.40. The molecule has 0 saturated carbocycles. The zero-order valence-electron chi connectivity index (χ0n) is 27.1. The molecule has 2 aromatic carbocycles. The Hall–Kier alpha value is -4.38. The maximum Gasteiger partial charge on any atom is 0.350 e. The molecule has 1 saturated heterocycles. The predicted molar refractivity (Wildman–Crippen MR) is 177 cm³/mol. The van der Waals surface area contributed by atoms with E-state index in [0.717, 1.165) is 43.4 Å². The van der Waals surface area contributed by atoms with Gasteiger partial charge in [0.2, 0.25) is 0 Å². The van der Waals surface area contributed by atoms with Crippen LogP contribution >= 0.6 is 11.3 Å². The number of thiazole rings is 1. The summed E-state index contributed by atoms with van der Waals surface area (Å²) in [7, 11) is 0. The number of carbonyl (C=O) groups is 3. The topological polar surface area (TPSA) is 124 Å². The summed E-state index contributed by atoms with van der Waals surface area (Å²) in [6, 6.07) is 10.8. The smallest absolute Gasteiger partial charge is 0.350 e. The van der Waals surface area contributed by atoms with Gasteiger partial charge in [-0.25, -0.2) is 9.78 Å². The first kappa shape index (κ1) is 34.5. The number of amides is 1. The number of hydrogen-bond acceptors (Lipinski definition) is 10. The number of nitrogens with zero attached hydrogens (tertiary/aromatic N) is 2. The highest BCUT2D eigenvalue weighted by atomic mass is 32.1. The molecule has 1 aromatic heterocycles. The lowest BCUT2D eigenvalue weighted by Crippen LogP contribution is -2.29. The summed E-state index contributed by atoms with van der Waals surface area (Å²) in [6.07, 6.45) is 4.88. The highest BCUT2D eigenvalue weighted by Crippen LogP contribution is 2.45. The van der Waals surface area contributed by atoms with Crippen LogP contribution in [0, 0.1) is 6.92 Å². The molecule has 11 heteroatoms. The number of unbranched alkanes of at least 4 members (excludes halogenated alkanes) is 3. The van der Waals surface area contributed by atoms with Crippen molar-refractivity contribution in [2.75, 3.05) is 31.3 Å². The maximum atomic E-state index is 13.7. The Morgan fingerprint density at radius 2 is 1.61 bits per heavy atom. The molecule has 0 spiro atoms. The lowest BCUT2D eigenvalue weighted by atomic mass is 9.95. The van der Waals surface area contributed by atoms with E-state index >= 15 is 0 Å². The Morgan fingerprint density at radius 3 is 2.28 bits per heavy atom. The molecule has 1 atom stereocenters. The fourth-order valence-electron chi connectivity index (χ4n) is 5.03. The highest BCUT2D eigenvalue weighted by Gasteiger charge is 2.48.